The number of benzene rings is 3. The molecule has 0 unspecified atom stereocenters. The van der Waals surface area contributed by atoms with Crippen molar-refractivity contribution in [1.82, 2.24) is 0 Å². The molecule has 0 radical (unpaired) electrons. The first-order chi connectivity index (χ1) is 13.2. The summed E-state index contributed by atoms with van der Waals surface area (Å²) < 4.78 is 0. The van der Waals surface area contributed by atoms with Crippen molar-refractivity contribution < 1.29 is 56.8 Å². The summed E-state index contributed by atoms with van der Waals surface area (Å²) in [5.41, 5.74) is 3.04. The Morgan fingerprint density at radius 2 is 0.759 bits per heavy atom. The summed E-state index contributed by atoms with van der Waals surface area (Å²) in [6.45, 7) is 5.68. The van der Waals surface area contributed by atoms with E-state index in [1.807, 2.05) is 32.9 Å². The van der Waals surface area contributed by atoms with Crippen molar-refractivity contribution in [2.45, 2.75) is 20.8 Å². The van der Waals surface area contributed by atoms with Crippen molar-refractivity contribution in [1.29, 1.82) is 0 Å². The standard InChI is InChI=1S/2C7H8O2.C7H8O.CH4O.Zr/c2*1-5-2-3-6(8)7(9)4-5;1-6-2-4-7(8)5-3-6;1-2;/h2*2-4,8-9H,1H3;2-5,8H,1H3;2H,1H3;. The molecule has 0 amide bonds. The molecule has 3 rings (SSSR count). The Hall–Kier alpha value is -2.50. The fourth-order valence-electron chi connectivity index (χ4n) is 1.81. The minimum absolute atomic E-state index is 0. The molecule has 6 nitrogen and oxygen atoms in total. The summed E-state index contributed by atoms with van der Waals surface area (Å²) in [6.07, 6.45) is 0. The maximum Gasteiger partial charge on any atom is 0.157 e. The topological polar surface area (TPSA) is 121 Å². The zero-order chi connectivity index (χ0) is 21.7. The quantitative estimate of drug-likeness (QED) is 0.270. The number of rotatable bonds is 0. The summed E-state index contributed by atoms with van der Waals surface area (Å²) in [6, 6.07) is 16.5. The molecule has 0 bridgehead atoms. The first kappa shape index (κ1) is 28.7. The van der Waals surface area contributed by atoms with Gasteiger partial charge in [-0.05, 0) is 68.3 Å². The predicted molar refractivity (Wildman–Crippen MR) is 110 cm³/mol. The van der Waals surface area contributed by atoms with E-state index in [9.17, 15) is 0 Å². The third-order valence-corrected chi connectivity index (χ3v) is 3.30. The molecule has 0 aromatic heterocycles. The van der Waals surface area contributed by atoms with E-state index in [1.165, 1.54) is 29.8 Å². The molecule has 3 aromatic carbocycles. The zero-order valence-electron chi connectivity index (χ0n) is 17.0. The maximum absolute atomic E-state index is 8.85. The van der Waals surface area contributed by atoms with Crippen molar-refractivity contribution in [2.24, 2.45) is 0 Å². The van der Waals surface area contributed by atoms with E-state index in [2.05, 4.69) is 0 Å². The first-order valence-corrected chi connectivity index (χ1v) is 8.36. The second-order valence-corrected chi connectivity index (χ2v) is 5.82. The number of phenolic OH excluding ortho intramolecular Hbond substituents is 5. The monoisotopic (exact) mass is 478 g/mol. The minimum Gasteiger partial charge on any atom is -0.508 e. The molecule has 0 aliphatic rings. The number of aliphatic hydroxyl groups excluding tert-OH is 1. The molecule has 0 saturated carbocycles. The van der Waals surface area contributed by atoms with Crippen LogP contribution >= 0.6 is 0 Å². The fraction of sp³-hybridized carbons (Fsp3) is 0.182. The van der Waals surface area contributed by atoms with Gasteiger partial charge in [0.05, 0.1) is 0 Å². The van der Waals surface area contributed by atoms with Crippen LogP contribution in [0.2, 0.25) is 0 Å². The predicted octanol–water partition coefficient (Wildman–Crippen LogP) is 4.12. The molecular formula is C22H28O6Zr. The summed E-state index contributed by atoms with van der Waals surface area (Å²) in [7, 11) is 1.00. The van der Waals surface area contributed by atoms with Crippen molar-refractivity contribution in [3.05, 3.63) is 77.4 Å². The molecule has 0 fully saturated rings. The Morgan fingerprint density at radius 1 is 0.448 bits per heavy atom. The Bertz CT molecular complexity index is 765. The van der Waals surface area contributed by atoms with E-state index >= 15 is 0 Å². The third kappa shape index (κ3) is 12.6. The Kier molecular flexibility index (Phi) is 15.3. The summed E-state index contributed by atoms with van der Waals surface area (Å²) in [4.78, 5) is 0. The van der Waals surface area contributed by atoms with Gasteiger partial charge in [0.15, 0.2) is 23.0 Å². The van der Waals surface area contributed by atoms with E-state index in [0.29, 0.717) is 5.75 Å². The second-order valence-electron chi connectivity index (χ2n) is 5.82. The average molecular weight is 480 g/mol. The van der Waals surface area contributed by atoms with Crippen molar-refractivity contribution in [3.63, 3.8) is 0 Å². The third-order valence-electron chi connectivity index (χ3n) is 3.30. The van der Waals surface area contributed by atoms with Gasteiger partial charge < -0.3 is 30.6 Å². The minimum atomic E-state index is -0.0689. The van der Waals surface area contributed by atoms with Gasteiger partial charge >= 0.3 is 0 Å². The van der Waals surface area contributed by atoms with Crippen LogP contribution in [0.25, 0.3) is 0 Å². The van der Waals surface area contributed by atoms with Gasteiger partial charge in [-0.25, -0.2) is 0 Å². The number of hydrogen-bond donors (Lipinski definition) is 6. The molecule has 0 aliphatic heterocycles. The van der Waals surface area contributed by atoms with Gasteiger partial charge in [0, 0.05) is 33.3 Å². The van der Waals surface area contributed by atoms with Crippen LogP contribution in [0, 0.1) is 20.8 Å². The molecule has 0 aliphatic carbocycles. The molecule has 29 heavy (non-hydrogen) atoms. The second kappa shape index (κ2) is 15.4. The Morgan fingerprint density at radius 3 is 1.00 bits per heavy atom. The van der Waals surface area contributed by atoms with Gasteiger partial charge in [0.2, 0.25) is 0 Å². The van der Waals surface area contributed by atoms with Crippen LogP contribution in [0.15, 0.2) is 60.7 Å². The molecule has 0 saturated heterocycles. The summed E-state index contributed by atoms with van der Waals surface area (Å²) in [5, 5.41) is 51.0. The normalized spacial score (nSPS) is 8.59. The molecule has 6 N–H and O–H groups in total. The van der Waals surface area contributed by atoms with Gasteiger partial charge in [-0.2, -0.15) is 0 Å². The molecular weight excluding hydrogens is 451 g/mol. The average Bonchev–Trinajstić information content (AvgIpc) is 2.67. The Labute approximate surface area is 190 Å². The van der Waals surface area contributed by atoms with E-state index in [0.717, 1.165) is 18.2 Å². The van der Waals surface area contributed by atoms with E-state index in [1.54, 1.807) is 24.3 Å². The van der Waals surface area contributed by atoms with E-state index in [-0.39, 0.29) is 49.2 Å². The van der Waals surface area contributed by atoms with Crippen molar-refractivity contribution in [3.8, 4) is 28.7 Å². The molecule has 7 heteroatoms. The molecule has 156 valence electrons. The van der Waals surface area contributed by atoms with Crippen LogP contribution < -0.4 is 0 Å². The van der Waals surface area contributed by atoms with Gasteiger partial charge in [-0.3, -0.25) is 0 Å². The largest absolute Gasteiger partial charge is 0.508 e. The fourth-order valence-corrected chi connectivity index (χ4v) is 1.81. The van der Waals surface area contributed by atoms with Crippen LogP contribution in [-0.2, 0) is 26.2 Å². The van der Waals surface area contributed by atoms with E-state index in [4.69, 9.17) is 30.6 Å². The summed E-state index contributed by atoms with van der Waals surface area (Å²) in [5.74, 6) is 0.0711. The van der Waals surface area contributed by atoms with Crippen LogP contribution in [0.4, 0.5) is 0 Å². The Balaban J connectivity index is 0. The maximum atomic E-state index is 8.85. The number of aryl methyl sites for hydroxylation is 3. The van der Waals surface area contributed by atoms with Gasteiger partial charge in [0.25, 0.3) is 0 Å². The number of aromatic hydroxyl groups is 5. The van der Waals surface area contributed by atoms with Crippen LogP contribution in [0.1, 0.15) is 16.7 Å². The van der Waals surface area contributed by atoms with Gasteiger partial charge in [-0.1, -0.05) is 29.8 Å². The molecule has 0 atom stereocenters. The summed E-state index contributed by atoms with van der Waals surface area (Å²) >= 11 is 0. The van der Waals surface area contributed by atoms with Crippen LogP contribution in [-0.4, -0.2) is 37.7 Å². The number of phenols is 5. The van der Waals surface area contributed by atoms with Crippen LogP contribution in [0.3, 0.4) is 0 Å². The first-order valence-electron chi connectivity index (χ1n) is 8.36. The van der Waals surface area contributed by atoms with Crippen LogP contribution in [0.5, 0.6) is 28.7 Å². The van der Waals surface area contributed by atoms with Gasteiger partial charge in [-0.15, -0.1) is 0 Å². The van der Waals surface area contributed by atoms with E-state index < -0.39 is 0 Å². The van der Waals surface area contributed by atoms with Gasteiger partial charge in [0.1, 0.15) is 5.75 Å². The van der Waals surface area contributed by atoms with Crippen molar-refractivity contribution >= 4 is 0 Å². The molecule has 0 heterocycles. The van der Waals surface area contributed by atoms with Crippen molar-refractivity contribution in [2.75, 3.05) is 7.11 Å². The SMILES string of the molecule is CO.Cc1ccc(O)c(O)c1.Cc1ccc(O)c(O)c1.Cc1ccc(O)cc1.[Zr]. The molecule has 0 spiro atoms. The number of aliphatic hydroxyl groups is 1. The smallest absolute Gasteiger partial charge is 0.157 e. The molecule has 3 aromatic rings. The zero-order valence-corrected chi connectivity index (χ0v) is 19.4. The number of hydrogen-bond acceptors (Lipinski definition) is 6.